The van der Waals surface area contributed by atoms with Gasteiger partial charge in [-0.2, -0.15) is 0 Å². The average Bonchev–Trinajstić information content (AvgIpc) is 2.33. The molecule has 112 valence electrons. The van der Waals surface area contributed by atoms with E-state index in [9.17, 15) is 9.59 Å². The van der Waals surface area contributed by atoms with Gasteiger partial charge in [0.25, 0.3) is 0 Å². The Morgan fingerprint density at radius 2 is 1.89 bits per heavy atom. The highest BCUT2D eigenvalue weighted by Crippen LogP contribution is 2.11. The van der Waals surface area contributed by atoms with E-state index in [2.05, 4.69) is 12.2 Å². The third kappa shape index (κ3) is 8.46. The Morgan fingerprint density at radius 1 is 1.26 bits per heavy atom. The van der Waals surface area contributed by atoms with Crippen LogP contribution in [0.1, 0.15) is 46.5 Å². The van der Waals surface area contributed by atoms with Gasteiger partial charge in [-0.3, -0.25) is 4.79 Å². The lowest BCUT2D eigenvalue weighted by atomic mass is 9.97. The smallest absolute Gasteiger partial charge is 0.317 e. The Kier molecular flexibility index (Phi) is 9.00. The summed E-state index contributed by atoms with van der Waals surface area (Å²) in [6.45, 7) is 6.98. The van der Waals surface area contributed by atoms with Gasteiger partial charge in [0.1, 0.15) is 0 Å². The molecule has 0 aromatic rings. The number of urea groups is 1. The van der Waals surface area contributed by atoms with Crippen LogP contribution in [0.3, 0.4) is 0 Å². The van der Waals surface area contributed by atoms with Crippen LogP contribution in [0.25, 0.3) is 0 Å². The fraction of sp³-hybridized carbons (Fsp3) is 0.857. The topological polar surface area (TPSA) is 69.6 Å². The third-order valence-electron chi connectivity index (χ3n) is 3.05. The van der Waals surface area contributed by atoms with Gasteiger partial charge in [0.05, 0.1) is 5.92 Å². The van der Waals surface area contributed by atoms with E-state index in [1.54, 1.807) is 11.9 Å². The summed E-state index contributed by atoms with van der Waals surface area (Å²) in [5, 5.41) is 11.8. The highest BCUT2D eigenvalue weighted by atomic mass is 16.4. The van der Waals surface area contributed by atoms with Crippen molar-refractivity contribution in [2.24, 2.45) is 11.8 Å². The van der Waals surface area contributed by atoms with E-state index in [1.165, 1.54) is 0 Å². The van der Waals surface area contributed by atoms with Crippen LogP contribution >= 0.6 is 0 Å². The monoisotopic (exact) mass is 272 g/mol. The highest BCUT2D eigenvalue weighted by Gasteiger charge is 2.20. The molecule has 0 aliphatic carbocycles. The minimum atomic E-state index is -0.845. The first-order valence-corrected chi connectivity index (χ1v) is 7.10. The van der Waals surface area contributed by atoms with Crippen molar-refractivity contribution in [3.05, 3.63) is 0 Å². The number of hydrogen-bond donors (Lipinski definition) is 2. The molecule has 0 saturated carbocycles. The summed E-state index contributed by atoms with van der Waals surface area (Å²) in [4.78, 5) is 24.5. The third-order valence-corrected chi connectivity index (χ3v) is 3.05. The average molecular weight is 272 g/mol. The van der Waals surface area contributed by atoms with Crippen molar-refractivity contribution in [2.75, 3.05) is 20.1 Å². The van der Waals surface area contributed by atoms with Crippen LogP contribution in [0.5, 0.6) is 0 Å². The molecule has 5 heteroatoms. The molecule has 0 bridgehead atoms. The van der Waals surface area contributed by atoms with Crippen molar-refractivity contribution in [3.63, 3.8) is 0 Å². The van der Waals surface area contributed by atoms with Gasteiger partial charge in [0, 0.05) is 20.1 Å². The molecule has 5 nitrogen and oxygen atoms in total. The number of carbonyl (C=O) groups excluding carboxylic acids is 1. The zero-order valence-corrected chi connectivity index (χ0v) is 12.6. The number of aliphatic carboxylic acids is 1. The van der Waals surface area contributed by atoms with Gasteiger partial charge >= 0.3 is 12.0 Å². The predicted octanol–water partition coefficient (Wildman–Crippen LogP) is 2.56. The molecule has 1 atom stereocenters. The molecule has 0 rings (SSSR count). The molecule has 0 aliphatic rings. The molecule has 1 unspecified atom stereocenters. The van der Waals surface area contributed by atoms with Crippen LogP contribution in [0, 0.1) is 11.8 Å². The molecule has 0 radical (unpaired) electrons. The fourth-order valence-corrected chi connectivity index (χ4v) is 1.89. The van der Waals surface area contributed by atoms with E-state index in [0.717, 1.165) is 19.3 Å². The molecule has 0 aliphatic heterocycles. The van der Waals surface area contributed by atoms with Crippen molar-refractivity contribution < 1.29 is 14.7 Å². The first kappa shape index (κ1) is 17.7. The predicted molar refractivity (Wildman–Crippen MR) is 76.1 cm³/mol. The Labute approximate surface area is 116 Å². The number of rotatable bonds is 9. The minimum Gasteiger partial charge on any atom is -0.481 e. The summed E-state index contributed by atoms with van der Waals surface area (Å²) in [6, 6.07) is -0.189. The Morgan fingerprint density at radius 3 is 2.37 bits per heavy atom. The van der Waals surface area contributed by atoms with Gasteiger partial charge in [-0.05, 0) is 18.8 Å². The van der Waals surface area contributed by atoms with E-state index in [-0.39, 0.29) is 12.6 Å². The van der Waals surface area contributed by atoms with Crippen LogP contribution in [0.2, 0.25) is 0 Å². The molecule has 0 spiro atoms. The number of nitrogens with zero attached hydrogens (tertiary/aromatic N) is 1. The molecular weight excluding hydrogens is 244 g/mol. The molecule has 2 amide bonds. The van der Waals surface area contributed by atoms with Crippen molar-refractivity contribution in [3.8, 4) is 0 Å². The highest BCUT2D eigenvalue weighted by molar-refractivity contribution is 5.75. The molecule has 0 saturated heterocycles. The first-order valence-electron chi connectivity index (χ1n) is 7.10. The van der Waals surface area contributed by atoms with E-state index in [0.29, 0.717) is 18.9 Å². The quantitative estimate of drug-likeness (QED) is 0.634. The second kappa shape index (κ2) is 9.64. The molecule has 0 fully saturated rings. The Balaban J connectivity index is 4.06. The number of unbranched alkanes of at least 4 members (excludes halogenated alkanes) is 2. The zero-order valence-electron chi connectivity index (χ0n) is 12.6. The summed E-state index contributed by atoms with van der Waals surface area (Å²) in [5.74, 6) is -1.05. The number of carbonyl (C=O) groups is 2. The standard InChI is InChI=1S/C14H28N2O3/c1-5-6-7-8-16(4)14(19)15-10-12(13(17)18)9-11(2)3/h11-12H,5-10H2,1-4H3,(H,15,19)(H,17,18). The molecule has 0 aromatic heterocycles. The van der Waals surface area contributed by atoms with Crippen molar-refractivity contribution >= 4 is 12.0 Å². The maximum absolute atomic E-state index is 11.8. The van der Waals surface area contributed by atoms with Crippen LogP contribution in [0.15, 0.2) is 0 Å². The van der Waals surface area contributed by atoms with E-state index in [4.69, 9.17) is 5.11 Å². The van der Waals surface area contributed by atoms with E-state index >= 15 is 0 Å². The lowest BCUT2D eigenvalue weighted by molar-refractivity contribution is -0.142. The molecular formula is C14H28N2O3. The van der Waals surface area contributed by atoms with Gasteiger partial charge in [0.2, 0.25) is 0 Å². The zero-order chi connectivity index (χ0) is 14.8. The van der Waals surface area contributed by atoms with Crippen LogP contribution in [0.4, 0.5) is 4.79 Å². The second-order valence-corrected chi connectivity index (χ2v) is 5.48. The first-order chi connectivity index (χ1) is 8.88. The molecule has 19 heavy (non-hydrogen) atoms. The maximum atomic E-state index is 11.8. The van der Waals surface area contributed by atoms with E-state index < -0.39 is 11.9 Å². The number of amides is 2. The molecule has 0 aromatic carbocycles. The van der Waals surface area contributed by atoms with E-state index in [1.807, 2.05) is 13.8 Å². The van der Waals surface area contributed by atoms with Crippen molar-refractivity contribution in [1.29, 1.82) is 0 Å². The molecule has 2 N–H and O–H groups in total. The minimum absolute atomic E-state index is 0.189. The SMILES string of the molecule is CCCCCN(C)C(=O)NCC(CC(C)C)C(=O)O. The van der Waals surface area contributed by atoms with Gasteiger partial charge < -0.3 is 15.3 Å². The Bertz CT molecular complexity index is 280. The normalized spacial score (nSPS) is 12.3. The van der Waals surface area contributed by atoms with Crippen molar-refractivity contribution in [1.82, 2.24) is 10.2 Å². The van der Waals surface area contributed by atoms with Crippen LogP contribution < -0.4 is 5.32 Å². The number of carboxylic acids is 1. The largest absolute Gasteiger partial charge is 0.481 e. The van der Waals surface area contributed by atoms with Gasteiger partial charge in [-0.15, -0.1) is 0 Å². The summed E-state index contributed by atoms with van der Waals surface area (Å²) in [5.41, 5.74) is 0. The van der Waals surface area contributed by atoms with Gasteiger partial charge in [-0.1, -0.05) is 33.6 Å². The summed E-state index contributed by atoms with van der Waals surface area (Å²) < 4.78 is 0. The molecule has 0 heterocycles. The summed E-state index contributed by atoms with van der Waals surface area (Å²) >= 11 is 0. The summed E-state index contributed by atoms with van der Waals surface area (Å²) in [7, 11) is 1.74. The number of hydrogen-bond acceptors (Lipinski definition) is 2. The van der Waals surface area contributed by atoms with Crippen LogP contribution in [-0.4, -0.2) is 42.1 Å². The summed E-state index contributed by atoms with van der Waals surface area (Å²) in [6.07, 6.45) is 3.78. The fourth-order valence-electron chi connectivity index (χ4n) is 1.89. The lowest BCUT2D eigenvalue weighted by Gasteiger charge is -2.20. The van der Waals surface area contributed by atoms with Crippen LogP contribution in [-0.2, 0) is 4.79 Å². The van der Waals surface area contributed by atoms with Crippen molar-refractivity contribution in [2.45, 2.75) is 46.5 Å². The van der Waals surface area contributed by atoms with Gasteiger partial charge in [0.15, 0.2) is 0 Å². The number of carboxylic acid groups (broad SMARTS) is 1. The van der Waals surface area contributed by atoms with Gasteiger partial charge in [-0.25, -0.2) is 4.79 Å². The second-order valence-electron chi connectivity index (χ2n) is 5.48. The Hall–Kier alpha value is -1.26. The number of nitrogens with one attached hydrogen (secondary N) is 1. The maximum Gasteiger partial charge on any atom is 0.317 e. The lowest BCUT2D eigenvalue weighted by Crippen LogP contribution is -2.41.